The largest absolute Gasteiger partial charge is 0.363 e. The molecule has 1 unspecified atom stereocenters. The van der Waals surface area contributed by atoms with Gasteiger partial charge < -0.3 is 10.3 Å². The van der Waals surface area contributed by atoms with Gasteiger partial charge in [-0.2, -0.15) is 0 Å². The van der Waals surface area contributed by atoms with Crippen molar-refractivity contribution in [3.8, 4) is 0 Å². The van der Waals surface area contributed by atoms with Crippen molar-refractivity contribution in [3.63, 3.8) is 0 Å². The van der Waals surface area contributed by atoms with Crippen molar-refractivity contribution in [3.05, 3.63) is 18.0 Å². The Kier molecular flexibility index (Phi) is 7.26. The van der Waals surface area contributed by atoms with E-state index in [-0.39, 0.29) is 6.04 Å². The molecule has 0 amide bonds. The summed E-state index contributed by atoms with van der Waals surface area (Å²) in [5.41, 5.74) is 0.864. The molecule has 0 aliphatic carbocycles. The van der Waals surface area contributed by atoms with Crippen molar-refractivity contribution in [2.24, 2.45) is 0 Å². The first-order chi connectivity index (χ1) is 9.49. The Morgan fingerprint density at radius 1 is 1.30 bits per heavy atom. The van der Waals surface area contributed by atoms with Crippen molar-refractivity contribution in [2.75, 3.05) is 7.05 Å². The summed E-state index contributed by atoms with van der Waals surface area (Å²) in [6.07, 6.45) is 7.06. The van der Waals surface area contributed by atoms with E-state index in [2.05, 4.69) is 21.9 Å². The first-order valence-corrected chi connectivity index (χ1v) is 8.82. The standard InChI is InChI=1S/C14H27N3O2S/c1-4-5-6-7-8-12(2)17-20(18,19)14-9-13(10-15-3)16-11-14/h9,11-12,15-17H,4-8,10H2,1-3H3. The third-order valence-electron chi connectivity index (χ3n) is 3.24. The SMILES string of the molecule is CCCCCCC(C)NS(=O)(=O)c1c[nH]c(CNC)c1. The maximum absolute atomic E-state index is 12.2. The molecule has 0 saturated carbocycles. The van der Waals surface area contributed by atoms with Crippen LogP contribution in [0, 0.1) is 0 Å². The lowest BCUT2D eigenvalue weighted by Gasteiger charge is -2.13. The van der Waals surface area contributed by atoms with E-state index in [0.29, 0.717) is 11.4 Å². The van der Waals surface area contributed by atoms with Gasteiger partial charge in [-0.05, 0) is 26.5 Å². The number of hydrogen-bond donors (Lipinski definition) is 3. The van der Waals surface area contributed by atoms with E-state index in [0.717, 1.165) is 18.5 Å². The second-order valence-electron chi connectivity index (χ2n) is 5.26. The van der Waals surface area contributed by atoms with Gasteiger partial charge in [0.25, 0.3) is 0 Å². The summed E-state index contributed by atoms with van der Waals surface area (Å²) in [6, 6.07) is 1.64. The zero-order valence-corrected chi connectivity index (χ0v) is 13.5. The van der Waals surface area contributed by atoms with Gasteiger partial charge >= 0.3 is 0 Å². The molecule has 5 nitrogen and oxygen atoms in total. The van der Waals surface area contributed by atoms with Crippen molar-refractivity contribution in [2.45, 2.75) is 63.4 Å². The highest BCUT2D eigenvalue weighted by atomic mass is 32.2. The summed E-state index contributed by atoms with van der Waals surface area (Å²) in [5, 5.41) is 2.98. The minimum Gasteiger partial charge on any atom is -0.363 e. The summed E-state index contributed by atoms with van der Waals surface area (Å²) in [5.74, 6) is 0. The summed E-state index contributed by atoms with van der Waals surface area (Å²) < 4.78 is 27.1. The van der Waals surface area contributed by atoms with E-state index in [1.165, 1.54) is 19.3 Å². The molecule has 0 radical (unpaired) electrons. The van der Waals surface area contributed by atoms with Crippen LogP contribution in [0.25, 0.3) is 0 Å². The van der Waals surface area contributed by atoms with Gasteiger partial charge in [0.05, 0.1) is 4.90 Å². The molecule has 20 heavy (non-hydrogen) atoms. The molecular weight excluding hydrogens is 274 g/mol. The lowest BCUT2D eigenvalue weighted by atomic mass is 10.1. The maximum atomic E-state index is 12.2. The van der Waals surface area contributed by atoms with Crippen LogP contribution in [0.4, 0.5) is 0 Å². The van der Waals surface area contributed by atoms with Crippen LogP contribution in [0.2, 0.25) is 0 Å². The summed E-state index contributed by atoms with van der Waals surface area (Å²) in [7, 11) is -1.58. The number of unbranched alkanes of at least 4 members (excludes halogenated alkanes) is 3. The van der Waals surface area contributed by atoms with Gasteiger partial charge in [-0.25, -0.2) is 13.1 Å². The first kappa shape index (κ1) is 17.2. The molecule has 1 aromatic heterocycles. The van der Waals surface area contributed by atoms with Gasteiger partial charge in [0, 0.05) is 24.5 Å². The molecule has 1 heterocycles. The first-order valence-electron chi connectivity index (χ1n) is 7.33. The van der Waals surface area contributed by atoms with E-state index < -0.39 is 10.0 Å². The molecule has 116 valence electrons. The fraction of sp³-hybridized carbons (Fsp3) is 0.714. The smallest absolute Gasteiger partial charge is 0.242 e. The number of rotatable bonds is 10. The zero-order valence-electron chi connectivity index (χ0n) is 12.7. The van der Waals surface area contributed by atoms with E-state index in [4.69, 9.17) is 0 Å². The van der Waals surface area contributed by atoms with Gasteiger partial charge in [0.15, 0.2) is 0 Å². The molecule has 0 fully saturated rings. The summed E-state index contributed by atoms with van der Waals surface area (Å²) in [6.45, 7) is 4.72. The van der Waals surface area contributed by atoms with Crippen LogP contribution in [0.15, 0.2) is 17.2 Å². The normalized spacial score (nSPS) is 13.6. The Bertz CT molecular complexity index is 482. The number of H-pyrrole nitrogens is 1. The Balaban J connectivity index is 2.50. The van der Waals surface area contributed by atoms with Gasteiger partial charge in [0.1, 0.15) is 0 Å². The minimum atomic E-state index is -3.41. The molecule has 0 saturated heterocycles. The highest BCUT2D eigenvalue weighted by Crippen LogP contribution is 2.13. The Hall–Kier alpha value is -0.850. The summed E-state index contributed by atoms with van der Waals surface area (Å²) in [4.78, 5) is 3.27. The molecule has 1 rings (SSSR count). The molecule has 1 atom stereocenters. The number of hydrogen-bond acceptors (Lipinski definition) is 3. The zero-order chi connectivity index (χ0) is 15.0. The third kappa shape index (κ3) is 5.64. The van der Waals surface area contributed by atoms with Crippen LogP contribution in [0.5, 0.6) is 0 Å². The van der Waals surface area contributed by atoms with Gasteiger partial charge in [-0.1, -0.05) is 32.6 Å². The second-order valence-corrected chi connectivity index (χ2v) is 6.98. The van der Waals surface area contributed by atoms with Crippen molar-refractivity contribution in [1.29, 1.82) is 0 Å². The molecule has 0 aliphatic rings. The topological polar surface area (TPSA) is 74.0 Å². The maximum Gasteiger partial charge on any atom is 0.242 e. The molecular formula is C14H27N3O2S. The molecule has 0 aromatic carbocycles. The lowest BCUT2D eigenvalue weighted by molar-refractivity contribution is 0.522. The average Bonchev–Trinajstić information content (AvgIpc) is 2.84. The summed E-state index contributed by atoms with van der Waals surface area (Å²) >= 11 is 0. The highest BCUT2D eigenvalue weighted by molar-refractivity contribution is 7.89. The Morgan fingerprint density at radius 3 is 2.70 bits per heavy atom. The van der Waals surface area contributed by atoms with Gasteiger partial charge in [-0.3, -0.25) is 0 Å². The van der Waals surface area contributed by atoms with Gasteiger partial charge in [0.2, 0.25) is 10.0 Å². The van der Waals surface area contributed by atoms with Crippen LogP contribution in [-0.2, 0) is 16.6 Å². The lowest BCUT2D eigenvalue weighted by Crippen LogP contribution is -2.32. The number of aromatic nitrogens is 1. The number of aromatic amines is 1. The Morgan fingerprint density at radius 2 is 2.05 bits per heavy atom. The number of nitrogens with one attached hydrogen (secondary N) is 3. The highest BCUT2D eigenvalue weighted by Gasteiger charge is 2.18. The van der Waals surface area contributed by atoms with E-state index in [1.54, 1.807) is 12.3 Å². The quantitative estimate of drug-likeness (QED) is 0.581. The van der Waals surface area contributed by atoms with Crippen molar-refractivity contribution < 1.29 is 8.42 Å². The van der Waals surface area contributed by atoms with E-state index >= 15 is 0 Å². The molecule has 0 bridgehead atoms. The van der Waals surface area contributed by atoms with E-state index in [1.807, 2.05) is 14.0 Å². The van der Waals surface area contributed by atoms with Crippen molar-refractivity contribution in [1.82, 2.24) is 15.0 Å². The minimum absolute atomic E-state index is 0.0282. The predicted octanol–water partition coefficient (Wildman–Crippen LogP) is 2.37. The predicted molar refractivity (Wildman–Crippen MR) is 82.1 cm³/mol. The number of sulfonamides is 1. The fourth-order valence-electron chi connectivity index (χ4n) is 2.14. The second kappa shape index (κ2) is 8.44. The van der Waals surface area contributed by atoms with Crippen molar-refractivity contribution >= 4 is 10.0 Å². The Labute approximate surface area is 122 Å². The molecule has 0 spiro atoms. The third-order valence-corrected chi connectivity index (χ3v) is 4.81. The monoisotopic (exact) mass is 301 g/mol. The molecule has 0 aliphatic heterocycles. The fourth-order valence-corrected chi connectivity index (χ4v) is 3.43. The molecule has 3 N–H and O–H groups in total. The van der Waals surface area contributed by atoms with Gasteiger partial charge in [-0.15, -0.1) is 0 Å². The molecule has 6 heteroatoms. The van der Waals surface area contributed by atoms with Crippen LogP contribution in [0.3, 0.4) is 0 Å². The van der Waals surface area contributed by atoms with Crippen LogP contribution in [-0.4, -0.2) is 26.5 Å². The average molecular weight is 301 g/mol. The van der Waals surface area contributed by atoms with Crippen LogP contribution in [0.1, 0.15) is 51.6 Å². The van der Waals surface area contributed by atoms with Crippen LogP contribution >= 0.6 is 0 Å². The van der Waals surface area contributed by atoms with Crippen LogP contribution < -0.4 is 10.0 Å². The molecule has 1 aromatic rings. The van der Waals surface area contributed by atoms with E-state index in [9.17, 15) is 8.42 Å².